The third-order valence-electron chi connectivity index (χ3n) is 3.28. The topological polar surface area (TPSA) is 38.5 Å². The Hall–Kier alpha value is -2.07. The van der Waals surface area contributed by atoms with Gasteiger partial charge in [-0.15, -0.1) is 0 Å². The predicted octanol–water partition coefficient (Wildman–Crippen LogP) is 3.62. The van der Waals surface area contributed by atoms with Gasteiger partial charge >= 0.3 is 0 Å². The van der Waals surface area contributed by atoms with Crippen LogP contribution in [0.25, 0.3) is 0 Å². The van der Waals surface area contributed by atoms with Gasteiger partial charge in [0.05, 0.1) is 7.11 Å². The van der Waals surface area contributed by atoms with Crippen LogP contribution in [-0.4, -0.2) is 14.2 Å². The van der Waals surface area contributed by atoms with E-state index in [1.165, 1.54) is 12.1 Å². The maximum absolute atomic E-state index is 13.4. The molecule has 0 aliphatic rings. The molecule has 3 nitrogen and oxygen atoms in total. The summed E-state index contributed by atoms with van der Waals surface area (Å²) in [6.07, 6.45) is 0. The minimum atomic E-state index is -0.264. The van der Waals surface area contributed by atoms with E-state index in [1.54, 1.807) is 13.2 Å². The van der Waals surface area contributed by atoms with Crippen molar-refractivity contribution in [3.05, 3.63) is 53.8 Å². The van der Waals surface area contributed by atoms with E-state index in [-0.39, 0.29) is 11.9 Å². The Morgan fingerprint density at radius 1 is 1.20 bits per heavy atom. The molecule has 4 heteroatoms. The fourth-order valence-corrected chi connectivity index (χ4v) is 2.28. The van der Waals surface area contributed by atoms with Gasteiger partial charge in [-0.2, -0.15) is 0 Å². The Kier molecular flexibility index (Phi) is 4.25. The van der Waals surface area contributed by atoms with Crippen LogP contribution in [0.1, 0.15) is 18.5 Å². The number of anilines is 2. The number of halogens is 1. The molecule has 0 unspecified atom stereocenters. The zero-order valence-electron chi connectivity index (χ0n) is 11.9. The maximum Gasteiger partial charge on any atom is 0.125 e. The van der Waals surface area contributed by atoms with Gasteiger partial charge in [-0.1, -0.05) is 12.1 Å². The number of ether oxygens (including phenoxy) is 1. The van der Waals surface area contributed by atoms with E-state index >= 15 is 0 Å². The van der Waals surface area contributed by atoms with Crippen molar-refractivity contribution in [3.63, 3.8) is 0 Å². The average molecular weight is 274 g/mol. The van der Waals surface area contributed by atoms with Crippen molar-refractivity contribution in [3.8, 4) is 5.75 Å². The van der Waals surface area contributed by atoms with Crippen LogP contribution < -0.4 is 15.4 Å². The predicted molar refractivity (Wildman–Crippen MR) is 80.1 cm³/mol. The van der Waals surface area contributed by atoms with Gasteiger partial charge in [-0.3, -0.25) is 0 Å². The van der Waals surface area contributed by atoms with Gasteiger partial charge in [-0.25, -0.2) is 4.39 Å². The van der Waals surface area contributed by atoms with E-state index in [2.05, 4.69) is 0 Å². The van der Waals surface area contributed by atoms with Crippen LogP contribution in [0, 0.1) is 5.82 Å². The number of hydrogen-bond acceptors (Lipinski definition) is 3. The fourth-order valence-electron chi connectivity index (χ4n) is 2.28. The van der Waals surface area contributed by atoms with Crippen LogP contribution in [-0.2, 0) is 0 Å². The molecule has 106 valence electrons. The highest BCUT2D eigenvalue weighted by Crippen LogP contribution is 2.36. The smallest absolute Gasteiger partial charge is 0.125 e. The van der Waals surface area contributed by atoms with Gasteiger partial charge in [-0.05, 0) is 37.3 Å². The molecule has 0 heterocycles. The highest BCUT2D eigenvalue weighted by Gasteiger charge is 2.17. The second-order valence-electron chi connectivity index (χ2n) is 4.72. The minimum Gasteiger partial charge on any atom is -0.496 e. The summed E-state index contributed by atoms with van der Waals surface area (Å²) in [4.78, 5) is 1.91. The van der Waals surface area contributed by atoms with Gasteiger partial charge in [0.2, 0.25) is 0 Å². The summed E-state index contributed by atoms with van der Waals surface area (Å²) in [6.45, 7) is 1.90. The lowest BCUT2D eigenvalue weighted by Gasteiger charge is -2.25. The molecule has 0 aliphatic carbocycles. The molecule has 0 spiro atoms. The summed E-state index contributed by atoms with van der Waals surface area (Å²) in [5.41, 5.74) is 8.63. The second kappa shape index (κ2) is 5.92. The molecule has 0 bridgehead atoms. The van der Waals surface area contributed by atoms with Crippen molar-refractivity contribution in [1.82, 2.24) is 0 Å². The van der Waals surface area contributed by atoms with Gasteiger partial charge in [0.25, 0.3) is 0 Å². The van der Waals surface area contributed by atoms with E-state index < -0.39 is 0 Å². The Morgan fingerprint density at radius 3 is 2.50 bits per heavy atom. The second-order valence-corrected chi connectivity index (χ2v) is 4.72. The minimum absolute atomic E-state index is 0.183. The molecule has 0 radical (unpaired) electrons. The normalized spacial score (nSPS) is 12.1. The van der Waals surface area contributed by atoms with Crippen molar-refractivity contribution in [2.45, 2.75) is 13.0 Å². The molecule has 0 amide bonds. The van der Waals surface area contributed by atoms with E-state index in [0.717, 1.165) is 22.7 Å². The lowest BCUT2D eigenvalue weighted by Crippen LogP contribution is -2.16. The van der Waals surface area contributed by atoms with E-state index in [1.807, 2.05) is 43.1 Å². The first-order valence-corrected chi connectivity index (χ1v) is 6.46. The van der Waals surface area contributed by atoms with Crippen LogP contribution in [0.2, 0.25) is 0 Å². The number of methoxy groups -OCH3 is 1. The summed E-state index contributed by atoms with van der Waals surface area (Å²) >= 11 is 0. The van der Waals surface area contributed by atoms with Crippen LogP contribution >= 0.6 is 0 Å². The number of rotatable bonds is 4. The molecular weight excluding hydrogens is 255 g/mol. The Labute approximate surface area is 118 Å². The molecule has 2 rings (SSSR count). The molecular formula is C16H19FN2O. The first kappa shape index (κ1) is 14.3. The first-order valence-electron chi connectivity index (χ1n) is 6.46. The summed E-state index contributed by atoms with van der Waals surface area (Å²) in [5, 5.41) is 0. The molecule has 2 aromatic rings. The molecule has 0 saturated carbocycles. The summed E-state index contributed by atoms with van der Waals surface area (Å²) in [6, 6.07) is 12.0. The third-order valence-corrected chi connectivity index (χ3v) is 3.28. The Bertz CT molecular complexity index is 599. The molecule has 20 heavy (non-hydrogen) atoms. The standard InChI is InChI=1S/C16H19FN2O/c1-11(18)16-14(8-5-9-15(16)20-3)19(2)13-7-4-6-12(17)10-13/h4-11H,18H2,1-3H3/t11-/m0/s1. The van der Waals surface area contributed by atoms with Crippen LogP contribution in [0.3, 0.4) is 0 Å². The highest BCUT2D eigenvalue weighted by molar-refractivity contribution is 5.69. The van der Waals surface area contributed by atoms with E-state index in [0.29, 0.717) is 0 Å². The fraction of sp³-hybridized carbons (Fsp3) is 0.250. The number of benzene rings is 2. The quantitative estimate of drug-likeness (QED) is 0.925. The number of nitrogens with two attached hydrogens (primary N) is 1. The first-order chi connectivity index (χ1) is 9.54. The van der Waals surface area contributed by atoms with Crippen molar-refractivity contribution < 1.29 is 9.13 Å². The summed E-state index contributed by atoms with van der Waals surface area (Å²) in [5.74, 6) is 0.473. The van der Waals surface area contributed by atoms with Crippen LogP contribution in [0.5, 0.6) is 5.75 Å². The van der Waals surface area contributed by atoms with Crippen LogP contribution in [0.15, 0.2) is 42.5 Å². The van der Waals surface area contributed by atoms with Crippen molar-refractivity contribution in [2.24, 2.45) is 5.73 Å². The molecule has 1 atom stereocenters. The molecule has 2 N–H and O–H groups in total. The molecule has 0 saturated heterocycles. The highest BCUT2D eigenvalue weighted by atomic mass is 19.1. The van der Waals surface area contributed by atoms with Crippen LogP contribution in [0.4, 0.5) is 15.8 Å². The van der Waals surface area contributed by atoms with E-state index in [4.69, 9.17) is 10.5 Å². The monoisotopic (exact) mass is 274 g/mol. The number of hydrogen-bond donors (Lipinski definition) is 1. The van der Waals surface area contributed by atoms with Crippen molar-refractivity contribution in [1.29, 1.82) is 0 Å². The Morgan fingerprint density at radius 2 is 1.90 bits per heavy atom. The number of nitrogens with zero attached hydrogens (tertiary/aromatic N) is 1. The lowest BCUT2D eigenvalue weighted by molar-refractivity contribution is 0.407. The van der Waals surface area contributed by atoms with Gasteiger partial charge in [0, 0.05) is 30.0 Å². The summed E-state index contributed by atoms with van der Waals surface area (Å²) in [7, 11) is 3.50. The van der Waals surface area contributed by atoms with Gasteiger partial charge < -0.3 is 15.4 Å². The zero-order valence-corrected chi connectivity index (χ0v) is 11.9. The largest absolute Gasteiger partial charge is 0.496 e. The molecule has 2 aromatic carbocycles. The maximum atomic E-state index is 13.4. The molecule has 0 aliphatic heterocycles. The summed E-state index contributed by atoms with van der Waals surface area (Å²) < 4.78 is 18.7. The van der Waals surface area contributed by atoms with Crippen molar-refractivity contribution >= 4 is 11.4 Å². The van der Waals surface area contributed by atoms with Crippen molar-refractivity contribution in [2.75, 3.05) is 19.1 Å². The SMILES string of the molecule is COc1cccc(N(C)c2cccc(F)c2)c1[C@H](C)N. The zero-order chi connectivity index (χ0) is 14.7. The van der Waals surface area contributed by atoms with Gasteiger partial charge in [0.15, 0.2) is 0 Å². The molecule has 0 aromatic heterocycles. The molecule has 0 fully saturated rings. The Balaban J connectivity index is 2.52. The lowest BCUT2D eigenvalue weighted by atomic mass is 10.0. The van der Waals surface area contributed by atoms with E-state index in [9.17, 15) is 4.39 Å². The third kappa shape index (κ3) is 2.75. The average Bonchev–Trinajstić information content (AvgIpc) is 2.45. The van der Waals surface area contributed by atoms with Gasteiger partial charge in [0.1, 0.15) is 11.6 Å².